The van der Waals surface area contributed by atoms with Crippen LogP contribution in [0.15, 0.2) is 40.8 Å². The lowest BCUT2D eigenvalue weighted by Gasteiger charge is -2.44. The van der Waals surface area contributed by atoms with Crippen LogP contribution in [0.2, 0.25) is 0 Å². The Hall–Kier alpha value is -2.65. The maximum atomic E-state index is 13.2. The molecule has 2 aliphatic heterocycles. The van der Waals surface area contributed by atoms with E-state index in [-0.39, 0.29) is 37.0 Å². The fourth-order valence-corrected chi connectivity index (χ4v) is 5.63. The Bertz CT molecular complexity index is 956. The Balaban J connectivity index is 1.62. The standard InChI is InChI=1S/C25H34N4O4S/c1-4-10-29-20(15-27-11-12-28(17(3)14-27)23(30)18-7-6-8-18)21(24(31)33-5-2)22(26-25(29)32)19-9-13-34-16-19/h4,9,13,16-18,22H,1,5-8,10-12,14-15H2,2-3H3,(H,26,32)/t17-,22-/m1/s1. The molecule has 0 spiro atoms. The number of rotatable bonds is 8. The number of thiophene rings is 1. The molecule has 1 saturated heterocycles. The largest absolute Gasteiger partial charge is 0.463 e. The van der Waals surface area contributed by atoms with Crippen LogP contribution in [0.5, 0.6) is 0 Å². The number of urea groups is 1. The summed E-state index contributed by atoms with van der Waals surface area (Å²) in [5, 5.41) is 6.86. The lowest BCUT2D eigenvalue weighted by Crippen LogP contribution is -2.57. The van der Waals surface area contributed by atoms with Crippen molar-refractivity contribution in [2.24, 2.45) is 5.92 Å². The van der Waals surface area contributed by atoms with Gasteiger partial charge in [0.05, 0.1) is 18.2 Å². The number of carbonyl (C=O) groups excluding carboxylic acids is 3. The number of nitrogens with one attached hydrogen (secondary N) is 1. The third-order valence-corrected chi connectivity index (χ3v) is 7.65. The van der Waals surface area contributed by atoms with Crippen molar-refractivity contribution in [3.63, 3.8) is 0 Å². The SMILES string of the molecule is C=CCN1C(=O)N[C@H](c2ccsc2)C(C(=O)OCC)=C1CN1CCN(C(=O)C2CCC2)[C@H](C)C1. The van der Waals surface area contributed by atoms with Gasteiger partial charge < -0.3 is 15.0 Å². The number of ether oxygens (including phenoxy) is 1. The monoisotopic (exact) mass is 486 g/mol. The van der Waals surface area contributed by atoms with E-state index in [2.05, 4.69) is 23.7 Å². The van der Waals surface area contributed by atoms with Crippen LogP contribution in [0.1, 0.15) is 44.7 Å². The highest BCUT2D eigenvalue weighted by Crippen LogP contribution is 2.34. The minimum atomic E-state index is -0.562. The average Bonchev–Trinajstić information content (AvgIpc) is 3.29. The molecule has 8 nitrogen and oxygen atoms in total. The highest BCUT2D eigenvalue weighted by Gasteiger charge is 2.40. The molecule has 2 atom stereocenters. The van der Waals surface area contributed by atoms with E-state index in [9.17, 15) is 14.4 Å². The van der Waals surface area contributed by atoms with Crippen LogP contribution in [0.25, 0.3) is 0 Å². The van der Waals surface area contributed by atoms with E-state index in [0.29, 0.717) is 37.4 Å². The fraction of sp³-hybridized carbons (Fsp3) is 0.560. The van der Waals surface area contributed by atoms with Crippen LogP contribution in [-0.4, -0.2) is 78.0 Å². The molecule has 1 saturated carbocycles. The van der Waals surface area contributed by atoms with Gasteiger partial charge in [-0.1, -0.05) is 12.5 Å². The predicted molar refractivity (Wildman–Crippen MR) is 131 cm³/mol. The quantitative estimate of drug-likeness (QED) is 0.451. The Morgan fingerprint density at radius 2 is 2.12 bits per heavy atom. The number of esters is 1. The van der Waals surface area contributed by atoms with Crippen molar-refractivity contribution in [2.75, 3.05) is 39.3 Å². The number of piperazine rings is 1. The van der Waals surface area contributed by atoms with Crippen LogP contribution in [0, 0.1) is 5.92 Å². The van der Waals surface area contributed by atoms with Crippen molar-refractivity contribution in [1.82, 2.24) is 20.0 Å². The van der Waals surface area contributed by atoms with Gasteiger partial charge in [-0.05, 0) is 49.1 Å². The lowest BCUT2D eigenvalue weighted by molar-refractivity contribution is -0.142. The molecule has 2 fully saturated rings. The number of amides is 3. The Labute approximate surface area is 205 Å². The smallest absolute Gasteiger partial charge is 0.338 e. The summed E-state index contributed by atoms with van der Waals surface area (Å²) in [5.74, 6) is 0.0332. The van der Waals surface area contributed by atoms with Crippen LogP contribution in [-0.2, 0) is 14.3 Å². The van der Waals surface area contributed by atoms with Gasteiger partial charge in [0.1, 0.15) is 0 Å². The highest BCUT2D eigenvalue weighted by molar-refractivity contribution is 7.08. The molecular formula is C25H34N4O4S. The van der Waals surface area contributed by atoms with Gasteiger partial charge >= 0.3 is 12.0 Å². The zero-order valence-electron chi connectivity index (χ0n) is 20.0. The molecule has 0 radical (unpaired) electrons. The van der Waals surface area contributed by atoms with Gasteiger partial charge in [0.2, 0.25) is 5.91 Å². The Morgan fingerprint density at radius 3 is 2.71 bits per heavy atom. The first kappa shape index (κ1) is 24.5. The van der Waals surface area contributed by atoms with Crippen molar-refractivity contribution in [3.05, 3.63) is 46.3 Å². The summed E-state index contributed by atoms with van der Waals surface area (Å²) in [7, 11) is 0. The summed E-state index contributed by atoms with van der Waals surface area (Å²) in [4.78, 5) is 44.9. The van der Waals surface area contributed by atoms with E-state index in [1.807, 2.05) is 21.7 Å². The molecule has 0 aromatic carbocycles. The van der Waals surface area contributed by atoms with E-state index in [0.717, 1.165) is 24.8 Å². The molecule has 1 aliphatic carbocycles. The molecule has 4 rings (SSSR count). The summed E-state index contributed by atoms with van der Waals surface area (Å²) >= 11 is 1.52. The molecular weight excluding hydrogens is 452 g/mol. The van der Waals surface area contributed by atoms with Gasteiger partial charge in [-0.15, -0.1) is 6.58 Å². The molecule has 1 N–H and O–H groups in total. The number of hydrogen-bond acceptors (Lipinski definition) is 6. The molecule has 9 heteroatoms. The van der Waals surface area contributed by atoms with E-state index < -0.39 is 12.0 Å². The zero-order chi connectivity index (χ0) is 24.2. The predicted octanol–water partition coefficient (Wildman–Crippen LogP) is 3.15. The van der Waals surface area contributed by atoms with Gasteiger partial charge in [-0.3, -0.25) is 14.6 Å². The molecule has 3 amide bonds. The van der Waals surface area contributed by atoms with Crippen molar-refractivity contribution in [1.29, 1.82) is 0 Å². The van der Waals surface area contributed by atoms with E-state index in [1.165, 1.54) is 11.3 Å². The first-order valence-electron chi connectivity index (χ1n) is 12.1. The molecule has 0 bridgehead atoms. The number of nitrogens with zero attached hydrogens (tertiary/aromatic N) is 3. The van der Waals surface area contributed by atoms with E-state index in [4.69, 9.17) is 4.74 Å². The van der Waals surface area contributed by atoms with Crippen LogP contribution in [0.4, 0.5) is 4.79 Å². The Kier molecular flexibility index (Phi) is 7.73. The number of carbonyl (C=O) groups is 3. The molecule has 34 heavy (non-hydrogen) atoms. The molecule has 0 unspecified atom stereocenters. The summed E-state index contributed by atoms with van der Waals surface area (Å²) in [6.45, 7) is 10.6. The van der Waals surface area contributed by atoms with Crippen molar-refractivity contribution in [3.8, 4) is 0 Å². The normalized spacial score (nSPS) is 24.0. The summed E-state index contributed by atoms with van der Waals surface area (Å²) < 4.78 is 5.44. The molecule has 3 aliphatic rings. The maximum absolute atomic E-state index is 13.2. The summed E-state index contributed by atoms with van der Waals surface area (Å²) in [6.07, 6.45) is 4.79. The average molecular weight is 487 g/mol. The fourth-order valence-electron chi connectivity index (χ4n) is 4.94. The molecule has 184 valence electrons. The molecule has 1 aromatic heterocycles. The summed E-state index contributed by atoms with van der Waals surface area (Å²) in [6, 6.07) is 1.17. The van der Waals surface area contributed by atoms with Crippen LogP contribution >= 0.6 is 11.3 Å². The molecule has 3 heterocycles. The third kappa shape index (κ3) is 4.90. The van der Waals surface area contributed by atoms with Gasteiger partial charge in [0, 0.05) is 50.4 Å². The second-order valence-electron chi connectivity index (χ2n) is 9.16. The van der Waals surface area contributed by atoms with Crippen LogP contribution in [0.3, 0.4) is 0 Å². The second-order valence-corrected chi connectivity index (χ2v) is 9.94. The molecule has 1 aromatic rings. The van der Waals surface area contributed by atoms with Gasteiger partial charge in [0.25, 0.3) is 0 Å². The first-order chi connectivity index (χ1) is 16.4. The van der Waals surface area contributed by atoms with Gasteiger partial charge in [-0.2, -0.15) is 11.3 Å². The third-order valence-electron chi connectivity index (χ3n) is 6.94. The van der Waals surface area contributed by atoms with E-state index in [1.54, 1.807) is 17.9 Å². The van der Waals surface area contributed by atoms with Gasteiger partial charge in [-0.25, -0.2) is 9.59 Å². The highest BCUT2D eigenvalue weighted by atomic mass is 32.1. The van der Waals surface area contributed by atoms with Crippen molar-refractivity contribution in [2.45, 2.75) is 45.2 Å². The minimum Gasteiger partial charge on any atom is -0.463 e. The van der Waals surface area contributed by atoms with Crippen molar-refractivity contribution < 1.29 is 19.1 Å². The zero-order valence-corrected chi connectivity index (χ0v) is 20.8. The lowest BCUT2D eigenvalue weighted by atomic mass is 9.84. The van der Waals surface area contributed by atoms with E-state index >= 15 is 0 Å². The Morgan fingerprint density at radius 1 is 1.32 bits per heavy atom. The number of hydrogen-bond donors (Lipinski definition) is 1. The van der Waals surface area contributed by atoms with Crippen molar-refractivity contribution >= 4 is 29.2 Å². The first-order valence-corrected chi connectivity index (χ1v) is 13.0. The minimum absolute atomic E-state index is 0.0754. The van der Waals surface area contributed by atoms with Gasteiger partial charge in [0.15, 0.2) is 0 Å². The van der Waals surface area contributed by atoms with Crippen LogP contribution < -0.4 is 5.32 Å². The maximum Gasteiger partial charge on any atom is 0.338 e. The second kappa shape index (κ2) is 10.7. The summed E-state index contributed by atoms with van der Waals surface area (Å²) in [5.41, 5.74) is 1.97. The topological polar surface area (TPSA) is 82.2 Å².